The maximum Gasteiger partial charge on any atom is 0.215 e. The number of ether oxygens (including phenoxy) is 1. The van der Waals surface area contributed by atoms with E-state index in [0.29, 0.717) is 6.04 Å². The van der Waals surface area contributed by atoms with E-state index >= 15 is 0 Å². The van der Waals surface area contributed by atoms with Gasteiger partial charge in [0, 0.05) is 5.56 Å². The lowest BCUT2D eigenvalue weighted by Crippen LogP contribution is -2.43. The molecule has 0 spiro atoms. The molecule has 1 saturated heterocycles. The highest BCUT2D eigenvalue weighted by Crippen LogP contribution is 2.33. The molecule has 1 unspecified atom stereocenters. The van der Waals surface area contributed by atoms with Crippen molar-refractivity contribution in [3.63, 3.8) is 0 Å². The minimum absolute atomic E-state index is 0.105. The average Bonchev–Trinajstić information content (AvgIpc) is 2.96. The molecule has 1 aromatic rings. The summed E-state index contributed by atoms with van der Waals surface area (Å²) < 4.78 is 8.05. The van der Waals surface area contributed by atoms with Gasteiger partial charge in [0.05, 0.1) is 18.8 Å². The summed E-state index contributed by atoms with van der Waals surface area (Å²) >= 11 is 0. The predicted molar refractivity (Wildman–Crippen MR) is 71.0 cm³/mol. The van der Waals surface area contributed by atoms with Gasteiger partial charge in [-0.05, 0) is 31.3 Å². The van der Waals surface area contributed by atoms with Gasteiger partial charge in [0.15, 0.2) is 0 Å². The first-order chi connectivity index (χ1) is 8.55. The number of rotatable bonds is 1. The molecule has 4 heteroatoms. The molecular formula is C14H23N3O. The highest BCUT2D eigenvalue weighted by Gasteiger charge is 2.31. The van der Waals surface area contributed by atoms with E-state index in [-0.39, 0.29) is 5.41 Å². The van der Waals surface area contributed by atoms with Gasteiger partial charge in [-0.3, -0.25) is 4.90 Å². The van der Waals surface area contributed by atoms with E-state index in [0.717, 1.165) is 19.0 Å². The molecule has 0 aromatic carbocycles. The number of fused-ring (bicyclic) bond motifs is 1. The third kappa shape index (κ3) is 2.03. The lowest BCUT2D eigenvalue weighted by molar-refractivity contribution is 0.100. The third-order valence-electron chi connectivity index (χ3n) is 4.05. The van der Waals surface area contributed by atoms with Crippen molar-refractivity contribution >= 4 is 0 Å². The topological polar surface area (TPSA) is 30.3 Å². The Morgan fingerprint density at radius 3 is 2.67 bits per heavy atom. The fraction of sp³-hybridized carbons (Fsp3) is 0.786. The molecule has 1 aromatic heterocycles. The Hall–Kier alpha value is -1.03. The lowest BCUT2D eigenvalue weighted by Gasteiger charge is -2.32. The quantitative estimate of drug-likeness (QED) is 0.763. The van der Waals surface area contributed by atoms with Gasteiger partial charge in [-0.1, -0.05) is 20.8 Å². The summed E-state index contributed by atoms with van der Waals surface area (Å²) in [7, 11) is 0. The predicted octanol–water partition coefficient (Wildman–Crippen LogP) is 2.04. The standard InChI is InChI=1S/C14H23N3O/c1-14(2,3)12-8-15-17-9-11(10-18-13(12)17)16-6-4-5-7-16/h8,11H,4-7,9-10H2,1-3H3. The number of hydrogen-bond donors (Lipinski definition) is 0. The Labute approximate surface area is 109 Å². The Balaban J connectivity index is 1.80. The van der Waals surface area contributed by atoms with Crippen LogP contribution < -0.4 is 4.74 Å². The van der Waals surface area contributed by atoms with Gasteiger partial charge >= 0.3 is 0 Å². The number of hydrogen-bond acceptors (Lipinski definition) is 3. The van der Waals surface area contributed by atoms with Crippen molar-refractivity contribution < 1.29 is 4.74 Å². The van der Waals surface area contributed by atoms with E-state index in [1.54, 1.807) is 0 Å². The van der Waals surface area contributed by atoms with E-state index in [2.05, 4.69) is 30.8 Å². The third-order valence-corrected chi connectivity index (χ3v) is 4.05. The fourth-order valence-corrected chi connectivity index (χ4v) is 2.93. The summed E-state index contributed by atoms with van der Waals surface area (Å²) in [4.78, 5) is 2.54. The molecule has 1 atom stereocenters. The van der Waals surface area contributed by atoms with Crippen LogP contribution in [0.2, 0.25) is 0 Å². The molecule has 2 aliphatic heterocycles. The van der Waals surface area contributed by atoms with Gasteiger partial charge in [0.1, 0.15) is 6.61 Å². The van der Waals surface area contributed by atoms with Crippen molar-refractivity contribution in [1.29, 1.82) is 0 Å². The first kappa shape index (κ1) is 12.0. The molecule has 18 heavy (non-hydrogen) atoms. The SMILES string of the molecule is CC(C)(C)c1cnn2c1OCC(N1CCCC1)C2. The second-order valence-electron chi connectivity index (χ2n) is 6.50. The van der Waals surface area contributed by atoms with E-state index in [4.69, 9.17) is 4.74 Å². The summed E-state index contributed by atoms with van der Waals surface area (Å²) in [5.41, 5.74) is 1.33. The maximum absolute atomic E-state index is 6.00. The molecule has 3 heterocycles. The van der Waals surface area contributed by atoms with Crippen LogP contribution in [0.4, 0.5) is 0 Å². The van der Waals surface area contributed by atoms with Crippen LogP contribution in [0.1, 0.15) is 39.2 Å². The molecule has 100 valence electrons. The van der Waals surface area contributed by atoms with Crippen LogP contribution in [0.3, 0.4) is 0 Å². The maximum atomic E-state index is 6.00. The van der Waals surface area contributed by atoms with E-state index in [9.17, 15) is 0 Å². The van der Waals surface area contributed by atoms with Crippen LogP contribution in [-0.4, -0.2) is 40.4 Å². The molecule has 1 fully saturated rings. The first-order valence-corrected chi connectivity index (χ1v) is 6.99. The minimum Gasteiger partial charge on any atom is -0.476 e. The second-order valence-corrected chi connectivity index (χ2v) is 6.50. The normalized spacial score (nSPS) is 24.9. The molecule has 0 amide bonds. The minimum atomic E-state index is 0.105. The summed E-state index contributed by atoms with van der Waals surface area (Å²) in [5.74, 6) is 0.984. The monoisotopic (exact) mass is 249 g/mol. The zero-order valence-electron chi connectivity index (χ0n) is 11.6. The number of likely N-dealkylation sites (tertiary alicyclic amines) is 1. The number of aromatic nitrogens is 2. The summed E-state index contributed by atoms with van der Waals surface area (Å²) in [5, 5.41) is 4.51. The van der Waals surface area contributed by atoms with Crippen LogP contribution in [0, 0.1) is 0 Å². The zero-order valence-corrected chi connectivity index (χ0v) is 11.6. The highest BCUT2D eigenvalue weighted by atomic mass is 16.5. The molecule has 0 radical (unpaired) electrons. The molecule has 0 N–H and O–H groups in total. The van der Waals surface area contributed by atoms with Gasteiger partial charge in [0.2, 0.25) is 5.88 Å². The molecule has 0 aliphatic carbocycles. The molecular weight excluding hydrogens is 226 g/mol. The van der Waals surface area contributed by atoms with Crippen LogP contribution in [-0.2, 0) is 12.0 Å². The van der Waals surface area contributed by atoms with Crippen molar-refractivity contribution in [3.05, 3.63) is 11.8 Å². The summed E-state index contributed by atoms with van der Waals surface area (Å²) in [6.45, 7) is 10.9. The van der Waals surface area contributed by atoms with E-state index in [1.807, 2.05) is 10.9 Å². The first-order valence-electron chi connectivity index (χ1n) is 6.99. The van der Waals surface area contributed by atoms with E-state index < -0.39 is 0 Å². The molecule has 3 rings (SSSR count). The zero-order chi connectivity index (χ0) is 12.8. The van der Waals surface area contributed by atoms with Gasteiger partial charge in [-0.25, -0.2) is 4.68 Å². The Kier molecular flexibility index (Phi) is 2.85. The van der Waals surface area contributed by atoms with Crippen molar-refractivity contribution in [1.82, 2.24) is 14.7 Å². The molecule has 0 saturated carbocycles. The van der Waals surface area contributed by atoms with Gasteiger partial charge < -0.3 is 4.74 Å². The van der Waals surface area contributed by atoms with Crippen molar-refractivity contribution in [3.8, 4) is 5.88 Å². The van der Waals surface area contributed by atoms with Crippen LogP contribution in [0.5, 0.6) is 5.88 Å². The molecule has 2 aliphatic rings. The van der Waals surface area contributed by atoms with Crippen LogP contribution in [0.15, 0.2) is 6.20 Å². The van der Waals surface area contributed by atoms with Crippen LogP contribution >= 0.6 is 0 Å². The van der Waals surface area contributed by atoms with Crippen molar-refractivity contribution in [2.24, 2.45) is 0 Å². The van der Waals surface area contributed by atoms with Crippen molar-refractivity contribution in [2.75, 3.05) is 19.7 Å². The van der Waals surface area contributed by atoms with E-state index in [1.165, 1.54) is 31.5 Å². The lowest BCUT2D eigenvalue weighted by atomic mass is 9.89. The van der Waals surface area contributed by atoms with Crippen molar-refractivity contribution in [2.45, 2.75) is 51.6 Å². The summed E-state index contributed by atoms with van der Waals surface area (Å²) in [6, 6.07) is 0.507. The Morgan fingerprint density at radius 2 is 2.00 bits per heavy atom. The average molecular weight is 249 g/mol. The van der Waals surface area contributed by atoms with Gasteiger partial charge in [-0.2, -0.15) is 5.10 Å². The largest absolute Gasteiger partial charge is 0.476 e. The Bertz CT molecular complexity index is 427. The van der Waals surface area contributed by atoms with Gasteiger partial charge in [0.25, 0.3) is 0 Å². The Morgan fingerprint density at radius 1 is 1.28 bits per heavy atom. The van der Waals surface area contributed by atoms with Crippen LogP contribution in [0.25, 0.3) is 0 Å². The second kappa shape index (κ2) is 4.26. The smallest absolute Gasteiger partial charge is 0.215 e. The molecule has 4 nitrogen and oxygen atoms in total. The van der Waals surface area contributed by atoms with Gasteiger partial charge in [-0.15, -0.1) is 0 Å². The summed E-state index contributed by atoms with van der Waals surface area (Å²) in [6.07, 6.45) is 4.63. The highest BCUT2D eigenvalue weighted by molar-refractivity contribution is 5.32. The fourth-order valence-electron chi connectivity index (χ4n) is 2.93. The number of nitrogens with zero attached hydrogens (tertiary/aromatic N) is 3. The molecule has 0 bridgehead atoms.